The zero-order valence-corrected chi connectivity index (χ0v) is 13.7. The minimum absolute atomic E-state index is 0.0107. The first-order chi connectivity index (χ1) is 8.70. The van der Waals surface area contributed by atoms with E-state index in [1.54, 1.807) is 0 Å². The molecule has 112 valence electrons. The number of hydrogen-bond donors (Lipinski definition) is 0. The molecule has 0 aromatic heterocycles. The molecule has 0 spiro atoms. The zero-order valence-electron chi connectivity index (χ0n) is 13.7. The molecule has 0 N–H and O–H groups in total. The Morgan fingerprint density at radius 3 is 2.11 bits per heavy atom. The van der Waals surface area contributed by atoms with Gasteiger partial charge in [-0.3, -0.25) is 4.79 Å². The van der Waals surface area contributed by atoms with E-state index >= 15 is 0 Å². The van der Waals surface area contributed by atoms with E-state index in [2.05, 4.69) is 41.5 Å². The van der Waals surface area contributed by atoms with Crippen LogP contribution in [0.25, 0.3) is 0 Å². The Morgan fingerprint density at radius 1 is 1.21 bits per heavy atom. The Hall–Kier alpha value is -0.530. The minimum Gasteiger partial charge on any atom is -0.459 e. The van der Waals surface area contributed by atoms with Crippen molar-refractivity contribution >= 4 is 5.97 Å². The van der Waals surface area contributed by atoms with Crippen LogP contribution in [0.3, 0.4) is 0 Å². The third-order valence-electron chi connectivity index (χ3n) is 4.51. The van der Waals surface area contributed by atoms with Crippen LogP contribution in [0.15, 0.2) is 0 Å². The lowest BCUT2D eigenvalue weighted by molar-refractivity contribution is -0.169. The normalized spacial score (nSPS) is 20.6. The Balaban J connectivity index is 2.76. The summed E-state index contributed by atoms with van der Waals surface area (Å²) in [4.78, 5) is 12.6. The topological polar surface area (TPSA) is 26.3 Å². The van der Waals surface area contributed by atoms with E-state index < -0.39 is 0 Å². The molecule has 0 amide bonds. The highest BCUT2D eigenvalue weighted by molar-refractivity contribution is 5.73. The summed E-state index contributed by atoms with van der Waals surface area (Å²) in [6.45, 7) is 12.9. The van der Waals surface area contributed by atoms with Gasteiger partial charge in [0, 0.05) is 0 Å². The predicted octanol–water partition coefficient (Wildman–Crippen LogP) is 4.96. The highest BCUT2D eigenvalue weighted by Crippen LogP contribution is 2.39. The van der Waals surface area contributed by atoms with Gasteiger partial charge in [0.15, 0.2) is 0 Å². The lowest BCUT2D eigenvalue weighted by atomic mass is 9.76. The Bertz CT molecular complexity index is 293. The van der Waals surface area contributed by atoms with Crippen LogP contribution in [0.5, 0.6) is 0 Å². The van der Waals surface area contributed by atoms with E-state index in [-0.39, 0.29) is 22.9 Å². The van der Waals surface area contributed by atoms with Crippen molar-refractivity contribution in [2.45, 2.75) is 85.7 Å². The Morgan fingerprint density at radius 2 is 1.74 bits per heavy atom. The van der Waals surface area contributed by atoms with Crippen molar-refractivity contribution in [3.05, 3.63) is 0 Å². The second-order valence-corrected chi connectivity index (χ2v) is 7.71. The van der Waals surface area contributed by atoms with Crippen LogP contribution >= 0.6 is 0 Å². The highest BCUT2D eigenvalue weighted by Gasteiger charge is 2.40. The fourth-order valence-corrected chi connectivity index (χ4v) is 3.11. The summed E-state index contributed by atoms with van der Waals surface area (Å²) in [6.07, 6.45) is 6.37. The van der Waals surface area contributed by atoms with Crippen molar-refractivity contribution in [2.24, 2.45) is 17.3 Å². The summed E-state index contributed by atoms with van der Waals surface area (Å²) in [5.74, 6) is 0.569. The largest absolute Gasteiger partial charge is 0.459 e. The number of hydrogen-bond acceptors (Lipinski definition) is 2. The van der Waals surface area contributed by atoms with E-state index in [1.165, 1.54) is 12.8 Å². The van der Waals surface area contributed by atoms with Gasteiger partial charge in [-0.25, -0.2) is 0 Å². The van der Waals surface area contributed by atoms with Gasteiger partial charge in [-0.2, -0.15) is 0 Å². The molecule has 0 aromatic rings. The summed E-state index contributed by atoms with van der Waals surface area (Å²) in [5, 5.41) is 0. The number of carbonyl (C=O) groups excluding carboxylic acids is 1. The lowest BCUT2D eigenvalue weighted by Crippen LogP contribution is -2.38. The average molecular weight is 268 g/mol. The van der Waals surface area contributed by atoms with Gasteiger partial charge in [0.25, 0.3) is 0 Å². The maximum absolute atomic E-state index is 12.6. The maximum Gasteiger partial charge on any atom is 0.310 e. The van der Waals surface area contributed by atoms with Crippen molar-refractivity contribution in [3.8, 4) is 0 Å². The summed E-state index contributed by atoms with van der Waals surface area (Å²) in [5.41, 5.74) is -0.174. The number of esters is 1. The first-order valence-electron chi connectivity index (χ1n) is 7.93. The lowest BCUT2D eigenvalue weighted by Gasteiger charge is -2.35. The van der Waals surface area contributed by atoms with E-state index in [4.69, 9.17) is 4.74 Å². The molecule has 0 aliphatic heterocycles. The molecule has 0 bridgehead atoms. The summed E-state index contributed by atoms with van der Waals surface area (Å²) in [6, 6.07) is 0. The van der Waals surface area contributed by atoms with Gasteiger partial charge < -0.3 is 4.74 Å². The number of ether oxygens (including phenoxy) is 1. The molecule has 0 heterocycles. The molecular formula is C17H32O2. The van der Waals surface area contributed by atoms with Crippen LogP contribution in [-0.4, -0.2) is 11.6 Å². The van der Waals surface area contributed by atoms with Crippen molar-refractivity contribution in [1.29, 1.82) is 0 Å². The molecule has 0 radical (unpaired) electrons. The average Bonchev–Trinajstić information content (AvgIpc) is 2.73. The molecular weight excluding hydrogens is 236 g/mol. The smallest absolute Gasteiger partial charge is 0.310 e. The molecule has 19 heavy (non-hydrogen) atoms. The molecule has 1 unspecified atom stereocenters. The number of carbonyl (C=O) groups is 1. The maximum atomic E-state index is 12.6. The predicted molar refractivity (Wildman–Crippen MR) is 80.0 cm³/mol. The van der Waals surface area contributed by atoms with E-state index in [9.17, 15) is 4.79 Å². The van der Waals surface area contributed by atoms with E-state index in [0.29, 0.717) is 5.92 Å². The SMILES string of the molecule is CCC1(OC(=O)C(CC(C)C)C(C)(C)C)CCCC1. The first-order valence-corrected chi connectivity index (χ1v) is 7.93. The molecule has 1 aliphatic rings. The summed E-state index contributed by atoms with van der Waals surface area (Å²) in [7, 11) is 0. The molecule has 1 saturated carbocycles. The van der Waals surface area contributed by atoms with Crippen molar-refractivity contribution in [3.63, 3.8) is 0 Å². The van der Waals surface area contributed by atoms with Gasteiger partial charge in [-0.05, 0) is 49.9 Å². The Kier molecular flexibility index (Phi) is 5.46. The molecule has 1 fully saturated rings. The van der Waals surface area contributed by atoms with Crippen LogP contribution in [0.2, 0.25) is 0 Å². The van der Waals surface area contributed by atoms with Crippen LogP contribution in [0.4, 0.5) is 0 Å². The van der Waals surface area contributed by atoms with Gasteiger partial charge in [0.05, 0.1) is 5.92 Å². The Labute approximate surface area is 119 Å². The zero-order chi connectivity index (χ0) is 14.7. The molecule has 1 aliphatic carbocycles. The van der Waals surface area contributed by atoms with Gasteiger partial charge in [0.2, 0.25) is 0 Å². The van der Waals surface area contributed by atoms with Crippen LogP contribution in [0.1, 0.15) is 80.1 Å². The molecule has 0 saturated heterocycles. The van der Waals surface area contributed by atoms with Gasteiger partial charge in [-0.1, -0.05) is 41.5 Å². The van der Waals surface area contributed by atoms with Gasteiger partial charge >= 0.3 is 5.97 Å². The van der Waals surface area contributed by atoms with Crippen LogP contribution in [0, 0.1) is 17.3 Å². The molecule has 0 aromatic carbocycles. The third-order valence-corrected chi connectivity index (χ3v) is 4.51. The summed E-state index contributed by atoms with van der Waals surface area (Å²) >= 11 is 0. The fourth-order valence-electron chi connectivity index (χ4n) is 3.11. The molecule has 2 nitrogen and oxygen atoms in total. The van der Waals surface area contributed by atoms with Gasteiger partial charge in [-0.15, -0.1) is 0 Å². The second-order valence-electron chi connectivity index (χ2n) is 7.71. The summed E-state index contributed by atoms with van der Waals surface area (Å²) < 4.78 is 6.00. The van der Waals surface area contributed by atoms with E-state index in [0.717, 1.165) is 25.7 Å². The van der Waals surface area contributed by atoms with Crippen molar-refractivity contribution in [2.75, 3.05) is 0 Å². The second kappa shape index (κ2) is 6.28. The van der Waals surface area contributed by atoms with Crippen molar-refractivity contribution in [1.82, 2.24) is 0 Å². The first kappa shape index (κ1) is 16.5. The minimum atomic E-state index is -0.155. The number of rotatable bonds is 5. The van der Waals surface area contributed by atoms with Crippen LogP contribution < -0.4 is 0 Å². The highest BCUT2D eigenvalue weighted by atomic mass is 16.6. The standard InChI is InChI=1S/C17H32O2/c1-7-17(10-8-9-11-17)19-15(18)14(12-13(2)3)16(4,5)6/h13-14H,7-12H2,1-6H3. The molecule has 1 rings (SSSR count). The van der Waals surface area contributed by atoms with E-state index in [1.807, 2.05) is 0 Å². The third kappa shape index (κ3) is 4.50. The monoisotopic (exact) mass is 268 g/mol. The van der Waals surface area contributed by atoms with Crippen LogP contribution in [-0.2, 0) is 9.53 Å². The molecule has 2 heteroatoms. The van der Waals surface area contributed by atoms with Crippen molar-refractivity contribution < 1.29 is 9.53 Å². The quantitative estimate of drug-likeness (QED) is 0.659. The molecule has 1 atom stereocenters. The fraction of sp³-hybridized carbons (Fsp3) is 0.941. The van der Waals surface area contributed by atoms with Gasteiger partial charge in [0.1, 0.15) is 5.60 Å².